The number of benzene rings is 2. The molecule has 0 unspecified atom stereocenters. The topological polar surface area (TPSA) is 79.6 Å². The zero-order valence-electron chi connectivity index (χ0n) is 19.1. The van der Waals surface area contributed by atoms with Gasteiger partial charge in [0.1, 0.15) is 24.5 Å². The Labute approximate surface area is 201 Å². The molecule has 0 bridgehead atoms. The van der Waals surface area contributed by atoms with Crippen molar-refractivity contribution >= 4 is 5.91 Å². The van der Waals surface area contributed by atoms with Crippen LogP contribution in [0.15, 0.2) is 73.1 Å². The second-order valence-electron chi connectivity index (χ2n) is 8.68. The van der Waals surface area contributed by atoms with Crippen LogP contribution in [0.3, 0.4) is 0 Å². The maximum absolute atomic E-state index is 13.1. The molecule has 0 aliphatic heterocycles. The number of carbonyl (C=O) groups excluding carboxylic acids is 1. The number of aliphatic hydroxyl groups excluding tert-OH is 1. The van der Waals surface area contributed by atoms with Gasteiger partial charge >= 0.3 is 6.18 Å². The Morgan fingerprint density at radius 2 is 1.97 bits per heavy atom. The van der Waals surface area contributed by atoms with Gasteiger partial charge in [0.05, 0.1) is 17.6 Å². The highest BCUT2D eigenvalue weighted by atomic mass is 19.4. The van der Waals surface area contributed by atoms with Gasteiger partial charge in [-0.25, -0.2) is 0 Å². The molecule has 10 heteroatoms. The monoisotopic (exact) mass is 488 g/mol. The van der Waals surface area contributed by atoms with Crippen LogP contribution in [0.4, 0.5) is 13.2 Å². The first-order valence-corrected chi connectivity index (χ1v) is 11.2. The van der Waals surface area contributed by atoms with E-state index in [-0.39, 0.29) is 24.6 Å². The first-order chi connectivity index (χ1) is 16.7. The number of rotatable bonds is 8. The van der Waals surface area contributed by atoms with Gasteiger partial charge in [-0.3, -0.25) is 14.4 Å². The first kappa shape index (κ1) is 24.7. The molecule has 2 N–H and O–H groups in total. The first-order valence-electron chi connectivity index (χ1n) is 11.2. The molecule has 7 nitrogen and oxygen atoms in total. The summed E-state index contributed by atoms with van der Waals surface area (Å²) in [5.41, 5.74) is 0.190. The molecule has 1 amide bonds. The smallest absolute Gasteiger partial charge is 0.416 e. The van der Waals surface area contributed by atoms with Crippen LogP contribution in [0, 0.1) is 0 Å². The van der Waals surface area contributed by atoms with E-state index in [1.54, 1.807) is 18.5 Å². The van der Waals surface area contributed by atoms with Crippen molar-refractivity contribution in [3.05, 3.63) is 84.2 Å². The fraction of sp³-hybridized carbons (Fsp3) is 0.360. The minimum atomic E-state index is -4.50. The molecular formula is C25H27F3N4O3. The van der Waals surface area contributed by atoms with Gasteiger partial charge < -0.3 is 15.2 Å². The Kier molecular flexibility index (Phi) is 7.42. The molecule has 1 aliphatic rings. The molecule has 0 radical (unpaired) electrons. The summed E-state index contributed by atoms with van der Waals surface area (Å²) in [4.78, 5) is 14.6. The quantitative estimate of drug-likeness (QED) is 0.510. The van der Waals surface area contributed by atoms with E-state index in [9.17, 15) is 23.1 Å². The molecule has 1 saturated carbocycles. The van der Waals surface area contributed by atoms with Crippen molar-refractivity contribution in [1.82, 2.24) is 20.0 Å². The predicted octanol–water partition coefficient (Wildman–Crippen LogP) is 3.10. The molecule has 1 heterocycles. The van der Waals surface area contributed by atoms with Gasteiger partial charge in [-0.15, -0.1) is 0 Å². The third-order valence-corrected chi connectivity index (χ3v) is 6.07. The molecule has 1 aromatic heterocycles. The van der Waals surface area contributed by atoms with Crippen LogP contribution in [0.25, 0.3) is 0 Å². The number of hydrogen-bond acceptors (Lipinski definition) is 5. The van der Waals surface area contributed by atoms with E-state index in [1.807, 2.05) is 42.3 Å². The molecule has 3 aromatic rings. The van der Waals surface area contributed by atoms with E-state index in [2.05, 4.69) is 10.4 Å². The van der Waals surface area contributed by atoms with Crippen LogP contribution in [-0.4, -0.2) is 57.0 Å². The molecule has 1 fully saturated rings. The molecule has 2 aromatic carbocycles. The van der Waals surface area contributed by atoms with E-state index in [4.69, 9.17) is 4.74 Å². The van der Waals surface area contributed by atoms with Gasteiger partial charge in [0, 0.05) is 25.4 Å². The summed E-state index contributed by atoms with van der Waals surface area (Å²) in [6.07, 6.45) is -2.89. The molecule has 4 atom stereocenters. The highest BCUT2D eigenvalue weighted by Gasteiger charge is 2.46. The number of alkyl halides is 3. The second kappa shape index (κ2) is 10.5. The zero-order chi connectivity index (χ0) is 25.0. The van der Waals surface area contributed by atoms with Crippen LogP contribution in [-0.2, 0) is 24.1 Å². The third-order valence-electron chi connectivity index (χ3n) is 6.07. The Morgan fingerprint density at radius 3 is 2.66 bits per heavy atom. The minimum Gasteiger partial charge on any atom is -0.488 e. The summed E-state index contributed by atoms with van der Waals surface area (Å²) >= 11 is 0. The number of hydrogen-bond donors (Lipinski definition) is 2. The number of ether oxygens (including phenoxy) is 1. The van der Waals surface area contributed by atoms with Crippen molar-refractivity contribution in [2.75, 3.05) is 7.05 Å². The van der Waals surface area contributed by atoms with Crippen LogP contribution in [0.5, 0.6) is 5.75 Å². The van der Waals surface area contributed by atoms with Gasteiger partial charge in [0.2, 0.25) is 5.91 Å². The fourth-order valence-electron chi connectivity index (χ4n) is 4.51. The van der Waals surface area contributed by atoms with Crippen LogP contribution >= 0.6 is 0 Å². The van der Waals surface area contributed by atoms with E-state index in [1.165, 1.54) is 16.8 Å². The van der Waals surface area contributed by atoms with Gasteiger partial charge in [0.15, 0.2) is 0 Å². The molecule has 186 valence electrons. The lowest BCUT2D eigenvalue weighted by atomic mass is 10.1. The molecule has 1 aliphatic carbocycles. The number of aliphatic hydroxyl groups is 1. The van der Waals surface area contributed by atoms with Crippen molar-refractivity contribution in [3.63, 3.8) is 0 Å². The lowest BCUT2D eigenvalue weighted by Gasteiger charge is -2.32. The molecule has 0 saturated heterocycles. The van der Waals surface area contributed by atoms with Crippen molar-refractivity contribution in [1.29, 1.82) is 0 Å². The number of amides is 1. The summed E-state index contributed by atoms with van der Waals surface area (Å²) in [5, 5.41) is 18.2. The number of likely N-dealkylation sites (N-methyl/N-ethyl adjacent to an activating group) is 1. The Morgan fingerprint density at radius 1 is 1.20 bits per heavy atom. The van der Waals surface area contributed by atoms with E-state index in [0.29, 0.717) is 6.54 Å². The Bertz CT molecular complexity index is 1110. The summed E-state index contributed by atoms with van der Waals surface area (Å²) in [6.45, 7) is 0.512. The largest absolute Gasteiger partial charge is 0.488 e. The van der Waals surface area contributed by atoms with E-state index < -0.39 is 36.0 Å². The van der Waals surface area contributed by atoms with Gasteiger partial charge in [-0.1, -0.05) is 36.4 Å². The molecule has 0 spiro atoms. The predicted molar refractivity (Wildman–Crippen MR) is 122 cm³/mol. The summed E-state index contributed by atoms with van der Waals surface area (Å²) in [5.74, 6) is -0.277. The fourth-order valence-corrected chi connectivity index (χ4v) is 4.51. The second-order valence-corrected chi connectivity index (χ2v) is 8.68. The average Bonchev–Trinajstić information content (AvgIpc) is 3.42. The maximum Gasteiger partial charge on any atom is 0.416 e. The SMILES string of the molecule is CN(Cc1ccccc1)[C@@H]1[C@@H](O)[C@H](Oc2cccc(C(F)(F)F)c2)C[C@H]1NC(=O)Cn1cccn1. The Hall–Kier alpha value is -3.37. The average molecular weight is 489 g/mol. The van der Waals surface area contributed by atoms with Crippen LogP contribution in [0.1, 0.15) is 17.5 Å². The van der Waals surface area contributed by atoms with Crippen molar-refractivity contribution < 1.29 is 27.8 Å². The van der Waals surface area contributed by atoms with Gasteiger partial charge in [0.25, 0.3) is 0 Å². The lowest BCUT2D eigenvalue weighted by molar-refractivity contribution is -0.137. The van der Waals surface area contributed by atoms with Gasteiger partial charge in [-0.05, 0) is 36.9 Å². The molecule has 4 rings (SSSR count). The maximum atomic E-state index is 13.1. The number of nitrogens with one attached hydrogen (secondary N) is 1. The number of nitrogens with zero attached hydrogens (tertiary/aromatic N) is 3. The van der Waals surface area contributed by atoms with E-state index in [0.717, 1.165) is 17.7 Å². The summed E-state index contributed by atoms with van der Waals surface area (Å²) < 4.78 is 46.7. The zero-order valence-corrected chi connectivity index (χ0v) is 19.1. The number of carbonyl (C=O) groups is 1. The van der Waals surface area contributed by atoms with Crippen LogP contribution in [0.2, 0.25) is 0 Å². The lowest BCUT2D eigenvalue weighted by Crippen LogP contribution is -2.52. The van der Waals surface area contributed by atoms with Crippen molar-refractivity contribution in [2.45, 2.75) is 50.0 Å². The normalized spacial score (nSPS) is 22.3. The van der Waals surface area contributed by atoms with Crippen LogP contribution < -0.4 is 10.1 Å². The molecular weight excluding hydrogens is 461 g/mol. The van der Waals surface area contributed by atoms with Gasteiger partial charge in [-0.2, -0.15) is 18.3 Å². The van der Waals surface area contributed by atoms with Crippen molar-refractivity contribution in [2.24, 2.45) is 0 Å². The standard InChI is InChI=1S/C25H27F3N4O3/c1-31(15-17-7-3-2-4-8-17)23-20(30-22(33)16-32-12-6-11-29-32)14-21(24(23)34)35-19-10-5-9-18(13-19)25(26,27)28/h2-13,20-21,23-24,34H,14-16H2,1H3,(H,30,33)/t20-,21-,23+,24+/m1/s1. The summed E-state index contributed by atoms with van der Waals surface area (Å²) in [6, 6.07) is 14.9. The van der Waals surface area contributed by atoms with Crippen molar-refractivity contribution in [3.8, 4) is 5.75 Å². The van der Waals surface area contributed by atoms with E-state index >= 15 is 0 Å². The summed E-state index contributed by atoms with van der Waals surface area (Å²) in [7, 11) is 1.83. The highest BCUT2D eigenvalue weighted by molar-refractivity contribution is 5.76. The Balaban J connectivity index is 1.52. The minimum absolute atomic E-state index is 0.00780. The third kappa shape index (κ3) is 6.20. The number of halogens is 3. The molecule has 35 heavy (non-hydrogen) atoms. The number of aromatic nitrogens is 2. The highest BCUT2D eigenvalue weighted by Crippen LogP contribution is 2.34.